The van der Waals surface area contributed by atoms with Crippen molar-refractivity contribution in [3.63, 3.8) is 0 Å². The summed E-state index contributed by atoms with van der Waals surface area (Å²) in [5.41, 5.74) is 3.87. The van der Waals surface area contributed by atoms with Gasteiger partial charge in [0.2, 0.25) is 0 Å². The number of quaternary nitrogens is 1. The number of hydrogen-bond acceptors (Lipinski definition) is 11. The lowest BCUT2D eigenvalue weighted by Gasteiger charge is -2.27. The summed E-state index contributed by atoms with van der Waals surface area (Å²) in [6.45, 7) is 5.49. The summed E-state index contributed by atoms with van der Waals surface area (Å²) in [5, 5.41) is 5.75. The first-order chi connectivity index (χ1) is 27.9. The van der Waals surface area contributed by atoms with Gasteiger partial charge in [-0.1, -0.05) is 38.1 Å². The summed E-state index contributed by atoms with van der Waals surface area (Å²) in [6.07, 6.45) is 0. The van der Waals surface area contributed by atoms with Gasteiger partial charge in [0.15, 0.2) is 5.78 Å². The van der Waals surface area contributed by atoms with Gasteiger partial charge in [-0.2, -0.15) is 0 Å². The van der Waals surface area contributed by atoms with Gasteiger partial charge in [-0.15, -0.1) is 0 Å². The van der Waals surface area contributed by atoms with Crippen LogP contribution in [-0.2, 0) is 23.8 Å². The molecule has 2 N–H and O–H groups in total. The van der Waals surface area contributed by atoms with Crippen molar-refractivity contribution < 1.29 is 51.6 Å². The minimum atomic E-state index is -4.55. The van der Waals surface area contributed by atoms with Crippen molar-refractivity contribution in [2.45, 2.75) is 26.2 Å². The van der Waals surface area contributed by atoms with Crippen molar-refractivity contribution in [1.82, 2.24) is 0 Å². The average Bonchev–Trinajstić information content (AvgIpc) is 3.19. The van der Waals surface area contributed by atoms with Crippen LogP contribution in [0.1, 0.15) is 63.0 Å². The number of ether oxygens (including phenoxy) is 3. The van der Waals surface area contributed by atoms with E-state index in [0.29, 0.717) is 56.5 Å². The quantitative estimate of drug-likeness (QED) is 0.0270. The van der Waals surface area contributed by atoms with E-state index < -0.39 is 26.3 Å². The fourth-order valence-electron chi connectivity index (χ4n) is 5.75. The highest BCUT2D eigenvalue weighted by molar-refractivity contribution is 7.45. The minimum Gasteiger partial charge on any atom is -0.756 e. The van der Waals surface area contributed by atoms with E-state index in [9.17, 15) is 23.8 Å². The highest BCUT2D eigenvalue weighted by atomic mass is 31.2. The normalized spacial score (nSPS) is 12.5. The molecule has 310 valence electrons. The fourth-order valence-corrected chi connectivity index (χ4v) is 6.42. The zero-order valence-electron chi connectivity index (χ0n) is 34.3. The van der Waals surface area contributed by atoms with E-state index in [1.807, 2.05) is 69.7 Å². The second-order valence-electron chi connectivity index (χ2n) is 15.2. The van der Waals surface area contributed by atoms with Crippen LogP contribution >= 0.6 is 7.82 Å². The maximum absolute atomic E-state index is 13.2. The van der Waals surface area contributed by atoms with Gasteiger partial charge in [0.1, 0.15) is 42.8 Å². The van der Waals surface area contributed by atoms with E-state index >= 15 is 0 Å². The van der Waals surface area contributed by atoms with Gasteiger partial charge in [0.25, 0.3) is 13.7 Å². The number of esters is 1. The van der Waals surface area contributed by atoms with Crippen molar-refractivity contribution in [2.75, 3.05) is 65.2 Å². The van der Waals surface area contributed by atoms with Crippen LogP contribution in [0.2, 0.25) is 0 Å². The van der Waals surface area contributed by atoms with E-state index in [1.54, 1.807) is 67.7 Å². The van der Waals surface area contributed by atoms with Crippen molar-refractivity contribution in [1.29, 1.82) is 0 Å². The van der Waals surface area contributed by atoms with Crippen LogP contribution in [0, 0.1) is 0 Å². The number of anilines is 2. The predicted octanol–water partition coefficient (Wildman–Crippen LogP) is 8.46. The molecule has 13 nitrogen and oxygen atoms in total. The Morgan fingerprint density at radius 3 is 1.58 bits per heavy atom. The Morgan fingerprint density at radius 2 is 1.10 bits per heavy atom. The first-order valence-electron chi connectivity index (χ1n) is 18.9. The van der Waals surface area contributed by atoms with Gasteiger partial charge < -0.3 is 43.3 Å². The van der Waals surface area contributed by atoms with Crippen LogP contribution < -0.4 is 25.0 Å². The van der Waals surface area contributed by atoms with Gasteiger partial charge in [-0.25, -0.2) is 4.79 Å². The van der Waals surface area contributed by atoms with Gasteiger partial charge >= 0.3 is 5.97 Å². The molecule has 1 unspecified atom stereocenters. The Kier molecular flexibility index (Phi) is 14.5. The third kappa shape index (κ3) is 13.1. The molecule has 5 aromatic carbocycles. The monoisotopic (exact) mass is 823 g/mol. The van der Waals surface area contributed by atoms with Crippen LogP contribution in [0.5, 0.6) is 23.0 Å². The molecular weight excluding hydrogens is 773 g/mol. The largest absolute Gasteiger partial charge is 0.756 e. The van der Waals surface area contributed by atoms with Gasteiger partial charge in [-0.05, 0) is 109 Å². The molecule has 0 aromatic heterocycles. The average molecular weight is 824 g/mol. The van der Waals surface area contributed by atoms with E-state index in [0.717, 1.165) is 11.1 Å². The molecule has 0 saturated heterocycles. The van der Waals surface area contributed by atoms with E-state index in [4.69, 9.17) is 23.3 Å². The second kappa shape index (κ2) is 19.3. The zero-order chi connectivity index (χ0) is 42.8. The lowest BCUT2D eigenvalue weighted by atomic mass is 9.78. The van der Waals surface area contributed by atoms with Crippen LogP contribution in [0.15, 0.2) is 115 Å². The number of Topliss-reactive ketones (excluding diaryl/α,β-unsaturated/α-hetero) is 1. The van der Waals surface area contributed by atoms with Crippen molar-refractivity contribution >= 4 is 36.9 Å². The van der Waals surface area contributed by atoms with Crippen LogP contribution in [-0.4, -0.2) is 76.7 Å². The molecule has 0 aliphatic carbocycles. The van der Waals surface area contributed by atoms with Crippen LogP contribution in [0.25, 0.3) is 0 Å². The van der Waals surface area contributed by atoms with E-state index in [2.05, 4.69) is 24.5 Å². The van der Waals surface area contributed by atoms with Crippen molar-refractivity contribution in [3.8, 4) is 23.0 Å². The van der Waals surface area contributed by atoms with Gasteiger partial charge in [-0.3, -0.25) is 14.2 Å². The molecule has 59 heavy (non-hydrogen) atoms. The maximum Gasteiger partial charge on any atom is 0.338 e. The number of nitrogens with zero attached hydrogens (tertiary/aromatic N) is 1. The third-order valence-corrected chi connectivity index (χ3v) is 10.3. The number of hydrogen-bond donors (Lipinski definition) is 2. The summed E-state index contributed by atoms with van der Waals surface area (Å²) in [7, 11) is 2.81. The first kappa shape index (κ1) is 44.3. The molecule has 14 heteroatoms. The maximum atomic E-state index is 13.2. The number of phosphoric acid groups is 1. The molecule has 5 rings (SSSR count). The second-order valence-corrected chi connectivity index (χ2v) is 16.7. The summed E-state index contributed by atoms with van der Waals surface area (Å²) in [6, 6.07) is 34.1. The number of carbonyl (C=O) groups is 3. The highest BCUT2D eigenvalue weighted by Gasteiger charge is 2.23. The summed E-state index contributed by atoms with van der Waals surface area (Å²) in [4.78, 5) is 49.5. The number of nitrogens with one attached hydrogen (secondary N) is 2. The van der Waals surface area contributed by atoms with E-state index in [-0.39, 0.29) is 30.0 Å². The summed E-state index contributed by atoms with van der Waals surface area (Å²) < 4.78 is 39.4. The molecule has 1 amide bonds. The molecule has 1 atom stereocenters. The lowest BCUT2D eigenvalue weighted by molar-refractivity contribution is -0.870. The number of carbonyl (C=O) groups excluding carboxylic acids is 3. The fraction of sp³-hybridized carbons (Fsp3) is 0.267. The molecule has 0 radical (unpaired) electrons. The van der Waals surface area contributed by atoms with Crippen molar-refractivity contribution in [3.05, 3.63) is 143 Å². The first-order valence-corrected chi connectivity index (χ1v) is 20.4. The third-order valence-electron chi connectivity index (χ3n) is 9.29. The molecule has 0 heterocycles. The van der Waals surface area contributed by atoms with Crippen molar-refractivity contribution in [2.24, 2.45) is 0 Å². The molecule has 0 fully saturated rings. The van der Waals surface area contributed by atoms with E-state index in [1.165, 1.54) is 13.0 Å². The number of likely N-dealkylation sites (N-methyl/N-ethyl adjacent to an activating group) is 1. The molecule has 0 aliphatic rings. The number of benzene rings is 5. The topological polar surface area (TPSA) is 162 Å². The lowest BCUT2D eigenvalue weighted by Crippen LogP contribution is -2.37. The van der Waals surface area contributed by atoms with Gasteiger partial charge in [0, 0.05) is 35.0 Å². The minimum absolute atomic E-state index is 0.00590. The molecule has 5 aromatic rings. The summed E-state index contributed by atoms with van der Waals surface area (Å²) in [5.74, 6) is 1.36. The molecule has 0 spiro atoms. The Hall–Kier alpha value is -5.82. The number of rotatable bonds is 19. The summed E-state index contributed by atoms with van der Waals surface area (Å²) >= 11 is 0. The number of amides is 1. The predicted molar refractivity (Wildman–Crippen MR) is 225 cm³/mol. The van der Waals surface area contributed by atoms with Crippen LogP contribution in [0.3, 0.4) is 0 Å². The standard InChI is InChI=1S/C45H50N3O10P/c1-31(49)32-8-16-39(17-9-32)57-41-20-12-35(13-21-41)45(2,3)36-14-22-42(23-15-36)58-40-18-10-33(11-19-40)43(50)47-38-29-34(28-37(30-38)46-4)44(51)54-26-27-56-59(52,53)55-25-24-48(5,6)7/h8-23,28-30,46H,24-27H2,1-7H3,(H-,47,50,52,53). The SMILES string of the molecule is CNc1cc(NC(=O)c2ccc(Oc3ccc(C(C)(C)c4ccc(Oc5ccc(C(C)=O)cc5)cc4)cc3)cc2)cc(C(=O)OCCOP(=O)([O-])OCC[N+](C)(C)C)c1. The van der Waals surface area contributed by atoms with Crippen LogP contribution in [0.4, 0.5) is 11.4 Å². The Morgan fingerprint density at radius 1 is 0.644 bits per heavy atom. The molecular formula is C45H50N3O10P. The Bertz CT molecular complexity index is 2270. The smallest absolute Gasteiger partial charge is 0.338 e. The highest BCUT2D eigenvalue weighted by Crippen LogP contribution is 2.38. The molecule has 0 saturated carbocycles. The Balaban J connectivity index is 1.13. The zero-order valence-corrected chi connectivity index (χ0v) is 35.2. The number of ketones is 1. The number of phosphoric ester groups is 1. The Labute approximate surface area is 345 Å². The molecule has 0 aliphatic heterocycles. The van der Waals surface area contributed by atoms with Gasteiger partial charge in [0.05, 0.1) is 33.3 Å². The molecule has 0 bridgehead atoms.